The summed E-state index contributed by atoms with van der Waals surface area (Å²) in [7, 11) is 3.00. The van der Waals surface area contributed by atoms with E-state index in [1.165, 1.54) is 19.0 Å². The monoisotopic (exact) mass is 603 g/mol. The predicted molar refractivity (Wildman–Crippen MR) is 161 cm³/mol. The molecule has 0 fully saturated rings. The fraction of sp³-hybridized carbons (Fsp3) is 0.517. The molecule has 0 aliphatic carbocycles. The van der Waals surface area contributed by atoms with Crippen LogP contribution in [0.5, 0.6) is 0 Å². The van der Waals surface area contributed by atoms with Crippen LogP contribution in [0.25, 0.3) is 0 Å². The zero-order valence-corrected chi connectivity index (χ0v) is 25.7. The first-order chi connectivity index (χ1) is 20.2. The van der Waals surface area contributed by atoms with Crippen LogP contribution in [0.4, 0.5) is 15.3 Å². The van der Waals surface area contributed by atoms with Crippen molar-refractivity contribution in [3.8, 4) is 0 Å². The third-order valence-corrected chi connectivity index (χ3v) is 6.47. The van der Waals surface area contributed by atoms with E-state index in [2.05, 4.69) is 33.2 Å². The second-order valence-electron chi connectivity index (χ2n) is 10.6. The van der Waals surface area contributed by atoms with Crippen molar-refractivity contribution in [1.29, 1.82) is 0 Å². The summed E-state index contributed by atoms with van der Waals surface area (Å²) in [5.74, 6) is -2.29. The lowest BCUT2D eigenvalue weighted by molar-refractivity contribution is -0.131. The number of nitrogens with zero attached hydrogens (tertiary/aromatic N) is 1. The molecule has 14 nitrogen and oxygen atoms in total. The molecule has 0 aromatic heterocycles. The highest BCUT2D eigenvalue weighted by Gasteiger charge is 2.30. The van der Waals surface area contributed by atoms with Crippen LogP contribution < -0.4 is 32.3 Å². The molecule has 0 saturated carbocycles. The molecule has 3 atom stereocenters. The van der Waals surface area contributed by atoms with Crippen LogP contribution in [0.2, 0.25) is 0 Å². The van der Waals surface area contributed by atoms with Crippen LogP contribution in [0.1, 0.15) is 46.1 Å². The predicted octanol–water partition coefficient (Wildman–Crippen LogP) is 1.22. The molecule has 0 heterocycles. The molecule has 238 valence electrons. The lowest BCUT2D eigenvalue weighted by Crippen LogP contribution is -2.54. The molecule has 2 unspecified atom stereocenters. The fourth-order valence-corrected chi connectivity index (χ4v) is 4.14. The normalized spacial score (nSPS) is 12.7. The van der Waals surface area contributed by atoms with E-state index in [4.69, 9.17) is 10.5 Å². The molecule has 0 saturated heterocycles. The Bertz CT molecular complexity index is 1140. The number of benzene rings is 1. The van der Waals surface area contributed by atoms with Crippen molar-refractivity contribution in [3.05, 3.63) is 42.5 Å². The van der Waals surface area contributed by atoms with Crippen molar-refractivity contribution >= 4 is 41.4 Å². The lowest BCUT2D eigenvalue weighted by Gasteiger charge is -2.28. The van der Waals surface area contributed by atoms with Gasteiger partial charge in [-0.2, -0.15) is 0 Å². The van der Waals surface area contributed by atoms with Gasteiger partial charge in [0.15, 0.2) is 0 Å². The van der Waals surface area contributed by atoms with Gasteiger partial charge in [0.05, 0.1) is 0 Å². The van der Waals surface area contributed by atoms with E-state index in [9.17, 15) is 28.8 Å². The van der Waals surface area contributed by atoms with Gasteiger partial charge in [-0.05, 0) is 48.4 Å². The van der Waals surface area contributed by atoms with E-state index in [0.29, 0.717) is 17.7 Å². The number of carbonyl (C=O) groups is 6. The Balaban J connectivity index is 2.91. The number of nitrogens with two attached hydrogens (primary N) is 1. The van der Waals surface area contributed by atoms with Crippen LogP contribution in [-0.2, 0) is 30.5 Å². The topological polar surface area (TPSA) is 201 Å². The number of hydrogen-bond donors (Lipinski definition) is 6. The number of ether oxygens (including phenoxy) is 1. The van der Waals surface area contributed by atoms with Crippen molar-refractivity contribution in [3.63, 3.8) is 0 Å². The van der Waals surface area contributed by atoms with Crippen LogP contribution in [-0.4, -0.2) is 79.4 Å². The third kappa shape index (κ3) is 12.4. The van der Waals surface area contributed by atoms with Crippen LogP contribution >= 0.6 is 0 Å². The first-order valence-corrected chi connectivity index (χ1v) is 14.0. The molecule has 43 heavy (non-hydrogen) atoms. The minimum Gasteiger partial charge on any atom is -0.445 e. The first-order valence-electron chi connectivity index (χ1n) is 14.0. The number of hydrogen-bond acceptors (Lipinski definition) is 7. The van der Waals surface area contributed by atoms with Crippen LogP contribution in [0, 0.1) is 11.8 Å². The molecular weight excluding hydrogens is 558 g/mol. The van der Waals surface area contributed by atoms with E-state index < -0.39 is 48.0 Å². The third-order valence-electron chi connectivity index (χ3n) is 6.47. The maximum absolute atomic E-state index is 13.2. The Hall–Kier alpha value is -4.62. The Morgan fingerprint density at radius 3 is 2.09 bits per heavy atom. The van der Waals surface area contributed by atoms with Gasteiger partial charge in [-0.3, -0.25) is 24.1 Å². The summed E-state index contributed by atoms with van der Waals surface area (Å²) in [5, 5.41) is 13.0. The van der Waals surface area contributed by atoms with Gasteiger partial charge in [-0.25, -0.2) is 9.59 Å². The van der Waals surface area contributed by atoms with E-state index >= 15 is 0 Å². The average Bonchev–Trinajstić information content (AvgIpc) is 2.95. The van der Waals surface area contributed by atoms with Gasteiger partial charge >= 0.3 is 12.1 Å². The highest BCUT2D eigenvalue weighted by Crippen LogP contribution is 2.15. The Morgan fingerprint density at radius 1 is 0.953 bits per heavy atom. The van der Waals surface area contributed by atoms with Gasteiger partial charge in [0, 0.05) is 26.3 Å². The molecule has 14 heteroatoms. The molecule has 0 spiro atoms. The molecule has 7 N–H and O–H groups in total. The van der Waals surface area contributed by atoms with Crippen molar-refractivity contribution in [1.82, 2.24) is 26.2 Å². The summed E-state index contributed by atoms with van der Waals surface area (Å²) in [6.45, 7) is 10.7. The molecular formula is C29H45N7O7. The molecule has 7 amide bonds. The molecule has 1 aromatic carbocycles. The fourth-order valence-electron chi connectivity index (χ4n) is 4.14. The maximum atomic E-state index is 13.2. The van der Waals surface area contributed by atoms with Crippen molar-refractivity contribution in [2.45, 2.75) is 65.3 Å². The molecule has 0 radical (unpaired) electrons. The minimum absolute atomic E-state index is 0.0610. The number of urea groups is 1. The summed E-state index contributed by atoms with van der Waals surface area (Å²) in [5.41, 5.74) is 6.16. The molecule has 1 rings (SSSR count). The van der Waals surface area contributed by atoms with Crippen LogP contribution in [0.15, 0.2) is 36.9 Å². The number of primary amides is 1. The second kappa shape index (κ2) is 18.0. The number of carbonyl (C=O) groups excluding carboxylic acids is 6. The summed E-state index contributed by atoms with van der Waals surface area (Å²) < 4.78 is 5.36. The first kappa shape index (κ1) is 36.4. The quantitative estimate of drug-likeness (QED) is 0.120. The SMILES string of the molecule is C=CC(=O)NC(C(=O)N[C@H](CCCNC(N)=O)C(=O)Nc1ccc(COC(=O)N(C)C(C(=O)NC)C(C)C)cc1)C(C)C. The smallest absolute Gasteiger partial charge is 0.410 e. The molecule has 0 bridgehead atoms. The number of anilines is 1. The Kier molecular flexibility index (Phi) is 15.3. The molecule has 0 aliphatic rings. The van der Waals surface area contributed by atoms with Gasteiger partial charge in [0.1, 0.15) is 24.7 Å². The zero-order valence-electron chi connectivity index (χ0n) is 25.7. The van der Waals surface area contributed by atoms with Crippen molar-refractivity contribution in [2.75, 3.05) is 26.0 Å². The highest BCUT2D eigenvalue weighted by molar-refractivity contribution is 5.99. The number of rotatable bonds is 16. The summed E-state index contributed by atoms with van der Waals surface area (Å²) in [6.07, 6.45) is 0.905. The maximum Gasteiger partial charge on any atom is 0.410 e. The van der Waals surface area contributed by atoms with Crippen molar-refractivity contribution < 1.29 is 33.5 Å². The van der Waals surface area contributed by atoms with Gasteiger partial charge in [-0.15, -0.1) is 0 Å². The molecule has 1 aromatic rings. The van der Waals surface area contributed by atoms with E-state index in [1.807, 2.05) is 13.8 Å². The number of amides is 7. The van der Waals surface area contributed by atoms with Gasteiger partial charge in [0.25, 0.3) is 0 Å². The lowest BCUT2D eigenvalue weighted by atomic mass is 10.0. The van der Waals surface area contributed by atoms with Gasteiger partial charge in [0.2, 0.25) is 23.6 Å². The summed E-state index contributed by atoms with van der Waals surface area (Å²) in [6, 6.07) is 3.25. The highest BCUT2D eigenvalue weighted by atomic mass is 16.6. The van der Waals surface area contributed by atoms with E-state index in [0.717, 1.165) is 6.08 Å². The summed E-state index contributed by atoms with van der Waals surface area (Å²) >= 11 is 0. The number of likely N-dealkylation sites (N-methyl/N-ethyl adjacent to an activating group) is 2. The number of nitrogens with one attached hydrogen (secondary N) is 5. The standard InChI is InChI=1S/C29H45N7O7/c1-8-22(37)35-23(17(2)3)26(39)34-21(10-9-15-32-28(30)41)25(38)33-20-13-11-19(12-14-20)16-43-29(42)36(7)24(18(4)5)27(40)31-6/h8,11-14,17-18,21,23-24H,1,9-10,15-16H2,2-7H3,(H,31,40)(H,33,38)(H,34,39)(H,35,37)(H3,30,32,41)/t21-,23?,24?/m1/s1. The zero-order chi connectivity index (χ0) is 32.7. The van der Waals surface area contributed by atoms with Gasteiger partial charge in [-0.1, -0.05) is 46.4 Å². The largest absolute Gasteiger partial charge is 0.445 e. The Morgan fingerprint density at radius 2 is 1.58 bits per heavy atom. The van der Waals surface area contributed by atoms with E-state index in [-0.39, 0.29) is 37.3 Å². The van der Waals surface area contributed by atoms with Crippen molar-refractivity contribution in [2.24, 2.45) is 17.6 Å². The van der Waals surface area contributed by atoms with Crippen LogP contribution in [0.3, 0.4) is 0 Å². The van der Waals surface area contributed by atoms with Gasteiger partial charge < -0.3 is 37.1 Å². The van der Waals surface area contributed by atoms with E-state index in [1.54, 1.807) is 38.1 Å². The molecule has 0 aliphatic heterocycles. The minimum atomic E-state index is -0.991. The second-order valence-corrected chi connectivity index (χ2v) is 10.6. The Labute approximate surface area is 252 Å². The summed E-state index contributed by atoms with van der Waals surface area (Å²) in [4.78, 5) is 75.0. The average molecular weight is 604 g/mol.